The third-order valence-corrected chi connectivity index (χ3v) is 2.79. The van der Waals surface area contributed by atoms with Crippen LogP contribution in [-0.2, 0) is 9.53 Å². The fourth-order valence-electron chi connectivity index (χ4n) is 2.18. The molecule has 1 saturated heterocycles. The number of likely N-dealkylation sites (tertiary alicyclic amines) is 1. The highest BCUT2D eigenvalue weighted by Gasteiger charge is 2.39. The Morgan fingerprint density at radius 2 is 1.75 bits per heavy atom. The first-order chi connectivity index (χ1) is 7.11. The molecule has 16 heavy (non-hydrogen) atoms. The Labute approximate surface area is 99.1 Å². The van der Waals surface area contributed by atoms with Gasteiger partial charge >= 0.3 is 5.97 Å². The molecule has 1 atom stereocenters. The molecule has 0 bridgehead atoms. The lowest BCUT2D eigenvalue weighted by Gasteiger charge is -2.36. The van der Waals surface area contributed by atoms with E-state index in [9.17, 15) is 4.79 Å². The van der Waals surface area contributed by atoms with E-state index in [1.165, 1.54) is 0 Å². The van der Waals surface area contributed by atoms with Crippen molar-refractivity contribution in [1.82, 2.24) is 4.90 Å². The van der Waals surface area contributed by atoms with Crippen molar-refractivity contribution >= 4 is 5.97 Å². The van der Waals surface area contributed by atoms with Crippen molar-refractivity contribution in [3.05, 3.63) is 0 Å². The van der Waals surface area contributed by atoms with Crippen molar-refractivity contribution in [1.29, 1.82) is 0 Å². The minimum atomic E-state index is -0.386. The number of esters is 1. The summed E-state index contributed by atoms with van der Waals surface area (Å²) in [6, 6.07) is -0.0563. The first-order valence-corrected chi connectivity index (χ1v) is 6.11. The number of rotatable bonds is 1. The van der Waals surface area contributed by atoms with Crippen molar-refractivity contribution in [2.75, 3.05) is 6.54 Å². The Balaban J connectivity index is 2.69. The summed E-state index contributed by atoms with van der Waals surface area (Å²) in [6.45, 7) is 13.2. The summed E-state index contributed by atoms with van der Waals surface area (Å²) < 4.78 is 5.47. The zero-order chi connectivity index (χ0) is 12.6. The zero-order valence-electron chi connectivity index (χ0n) is 11.5. The number of hydrogen-bond acceptors (Lipinski definition) is 3. The molecule has 1 aliphatic rings. The van der Waals surface area contributed by atoms with Crippen LogP contribution in [0.2, 0.25) is 0 Å². The molecule has 1 rings (SSSR count). The lowest BCUT2D eigenvalue weighted by Crippen LogP contribution is -2.49. The van der Waals surface area contributed by atoms with Crippen LogP contribution in [0.25, 0.3) is 0 Å². The van der Waals surface area contributed by atoms with Crippen LogP contribution in [0.3, 0.4) is 0 Å². The Morgan fingerprint density at radius 1 is 1.19 bits per heavy atom. The highest BCUT2D eigenvalue weighted by molar-refractivity contribution is 5.76. The minimum absolute atomic E-state index is 0.0398. The van der Waals surface area contributed by atoms with Crippen LogP contribution in [0.5, 0.6) is 0 Å². The highest BCUT2D eigenvalue weighted by atomic mass is 16.6. The molecule has 1 heterocycles. The van der Waals surface area contributed by atoms with Crippen molar-refractivity contribution in [3.8, 4) is 0 Å². The van der Waals surface area contributed by atoms with E-state index >= 15 is 0 Å². The van der Waals surface area contributed by atoms with E-state index in [1.807, 2.05) is 20.8 Å². The van der Waals surface area contributed by atoms with Crippen molar-refractivity contribution in [2.45, 2.75) is 71.6 Å². The molecule has 0 saturated carbocycles. The fourth-order valence-corrected chi connectivity index (χ4v) is 2.18. The van der Waals surface area contributed by atoms with Crippen molar-refractivity contribution in [2.24, 2.45) is 0 Å². The second kappa shape index (κ2) is 4.36. The molecule has 3 nitrogen and oxygen atoms in total. The first-order valence-electron chi connectivity index (χ1n) is 6.11. The molecule has 0 N–H and O–H groups in total. The van der Waals surface area contributed by atoms with Crippen LogP contribution < -0.4 is 0 Å². The smallest absolute Gasteiger partial charge is 0.323 e. The first kappa shape index (κ1) is 13.5. The van der Waals surface area contributed by atoms with Gasteiger partial charge in [-0.1, -0.05) is 0 Å². The molecule has 1 fully saturated rings. The summed E-state index contributed by atoms with van der Waals surface area (Å²) in [6.07, 6.45) is 2.01. The van der Waals surface area contributed by atoms with Gasteiger partial charge in [0.05, 0.1) is 0 Å². The molecule has 0 amide bonds. The predicted molar refractivity (Wildman–Crippen MR) is 65.3 cm³/mol. The maximum absolute atomic E-state index is 12.1. The number of carbonyl (C=O) groups excluding carboxylic acids is 1. The molecule has 0 spiro atoms. The van der Waals surface area contributed by atoms with Gasteiger partial charge in [0.25, 0.3) is 0 Å². The minimum Gasteiger partial charge on any atom is -0.459 e. The SMILES string of the molecule is CC(C)(C)OC(=O)C1CCCN1C(C)(C)C. The van der Waals surface area contributed by atoms with Crippen LogP contribution in [0.15, 0.2) is 0 Å². The average Bonchev–Trinajstić information content (AvgIpc) is 2.45. The number of hydrogen-bond donors (Lipinski definition) is 0. The van der Waals surface area contributed by atoms with E-state index in [1.54, 1.807) is 0 Å². The molecule has 1 aliphatic heterocycles. The van der Waals surface area contributed by atoms with Crippen LogP contribution in [0.4, 0.5) is 0 Å². The summed E-state index contributed by atoms with van der Waals surface area (Å²) in [7, 11) is 0. The van der Waals surface area contributed by atoms with Gasteiger partial charge in [-0.05, 0) is 60.9 Å². The summed E-state index contributed by atoms with van der Waals surface area (Å²) in [5.74, 6) is -0.0695. The Hall–Kier alpha value is -0.570. The Kier molecular flexibility index (Phi) is 3.68. The largest absolute Gasteiger partial charge is 0.459 e. The molecular formula is C13H25NO2. The fraction of sp³-hybridized carbons (Fsp3) is 0.923. The number of ether oxygens (including phenoxy) is 1. The van der Waals surface area contributed by atoms with Gasteiger partial charge in [0, 0.05) is 5.54 Å². The highest BCUT2D eigenvalue weighted by Crippen LogP contribution is 2.28. The van der Waals surface area contributed by atoms with Crippen LogP contribution in [0, 0.1) is 0 Å². The van der Waals surface area contributed by atoms with E-state index in [-0.39, 0.29) is 23.2 Å². The van der Waals surface area contributed by atoms with Gasteiger partial charge < -0.3 is 4.74 Å². The second-order valence-electron chi connectivity index (χ2n) is 6.56. The normalized spacial score (nSPS) is 23.5. The third-order valence-electron chi connectivity index (χ3n) is 2.79. The van der Waals surface area contributed by atoms with E-state index in [4.69, 9.17) is 4.74 Å². The summed E-state index contributed by atoms with van der Waals surface area (Å²) in [4.78, 5) is 14.3. The topological polar surface area (TPSA) is 29.5 Å². The van der Waals surface area contributed by atoms with Gasteiger partial charge in [0.1, 0.15) is 11.6 Å². The third kappa shape index (κ3) is 3.48. The second-order valence-corrected chi connectivity index (χ2v) is 6.56. The maximum atomic E-state index is 12.1. The van der Waals surface area contributed by atoms with Gasteiger partial charge in [-0.2, -0.15) is 0 Å². The Bertz CT molecular complexity index is 260. The molecular weight excluding hydrogens is 202 g/mol. The monoisotopic (exact) mass is 227 g/mol. The van der Waals surface area contributed by atoms with Gasteiger partial charge in [-0.25, -0.2) is 0 Å². The molecule has 0 aromatic rings. The molecule has 0 aliphatic carbocycles. The Morgan fingerprint density at radius 3 is 2.19 bits per heavy atom. The standard InChI is InChI=1S/C13H25NO2/c1-12(2,3)14-9-7-8-10(14)11(15)16-13(4,5)6/h10H,7-9H2,1-6H3. The molecule has 0 aromatic carbocycles. The van der Waals surface area contributed by atoms with Crippen LogP contribution >= 0.6 is 0 Å². The molecule has 3 heteroatoms. The number of carbonyl (C=O) groups is 1. The molecule has 1 unspecified atom stereocenters. The summed E-state index contributed by atoms with van der Waals surface area (Å²) in [5, 5.41) is 0. The molecule has 94 valence electrons. The van der Waals surface area contributed by atoms with E-state index in [0.717, 1.165) is 19.4 Å². The van der Waals surface area contributed by atoms with Gasteiger partial charge in [-0.3, -0.25) is 9.69 Å². The summed E-state index contributed by atoms with van der Waals surface area (Å²) in [5.41, 5.74) is -0.346. The maximum Gasteiger partial charge on any atom is 0.323 e. The van der Waals surface area contributed by atoms with Gasteiger partial charge in [0.15, 0.2) is 0 Å². The zero-order valence-corrected chi connectivity index (χ0v) is 11.5. The van der Waals surface area contributed by atoms with Crippen LogP contribution in [-0.4, -0.2) is 34.6 Å². The van der Waals surface area contributed by atoms with Crippen molar-refractivity contribution in [3.63, 3.8) is 0 Å². The quantitative estimate of drug-likeness (QED) is 0.645. The molecule has 0 aromatic heterocycles. The lowest BCUT2D eigenvalue weighted by molar-refractivity contribution is -0.162. The van der Waals surface area contributed by atoms with Crippen LogP contribution in [0.1, 0.15) is 54.4 Å². The van der Waals surface area contributed by atoms with E-state index < -0.39 is 0 Å². The van der Waals surface area contributed by atoms with E-state index in [0.29, 0.717) is 0 Å². The summed E-state index contributed by atoms with van der Waals surface area (Å²) >= 11 is 0. The number of nitrogens with zero attached hydrogens (tertiary/aromatic N) is 1. The lowest BCUT2D eigenvalue weighted by atomic mass is 10.0. The van der Waals surface area contributed by atoms with Gasteiger partial charge in [0.2, 0.25) is 0 Å². The van der Waals surface area contributed by atoms with Gasteiger partial charge in [-0.15, -0.1) is 0 Å². The van der Waals surface area contributed by atoms with Crippen molar-refractivity contribution < 1.29 is 9.53 Å². The molecule has 0 radical (unpaired) electrons. The predicted octanol–water partition coefficient (Wildman–Crippen LogP) is 2.59. The van der Waals surface area contributed by atoms with E-state index in [2.05, 4.69) is 25.7 Å². The average molecular weight is 227 g/mol.